The van der Waals surface area contributed by atoms with Crippen LogP contribution in [0.25, 0.3) is 0 Å². The third-order valence-corrected chi connectivity index (χ3v) is 2.70. The van der Waals surface area contributed by atoms with Gasteiger partial charge in [-0.3, -0.25) is 0 Å². The quantitative estimate of drug-likeness (QED) is 0.477. The first-order valence-electron chi connectivity index (χ1n) is 7.67. The minimum atomic E-state index is -0.500. The zero-order valence-corrected chi connectivity index (χ0v) is 16.0. The number of hydrogen-bond acceptors (Lipinski definition) is 5. The molecule has 0 radical (unpaired) electrons. The van der Waals surface area contributed by atoms with E-state index in [0.29, 0.717) is 12.2 Å². The van der Waals surface area contributed by atoms with Gasteiger partial charge in [0.15, 0.2) is 0 Å². The van der Waals surface area contributed by atoms with Crippen molar-refractivity contribution in [2.24, 2.45) is 5.73 Å². The van der Waals surface area contributed by atoms with Gasteiger partial charge in [-0.25, -0.2) is 0 Å². The van der Waals surface area contributed by atoms with Crippen LogP contribution in [0.3, 0.4) is 0 Å². The number of epoxide rings is 2. The zero-order chi connectivity index (χ0) is 18.3. The van der Waals surface area contributed by atoms with E-state index in [4.69, 9.17) is 24.4 Å². The lowest BCUT2D eigenvalue weighted by Crippen LogP contribution is -2.28. The van der Waals surface area contributed by atoms with Gasteiger partial charge in [-0.1, -0.05) is 13.8 Å². The molecule has 2 rings (SSSR count). The summed E-state index contributed by atoms with van der Waals surface area (Å²) in [6.45, 7) is 12.7. The van der Waals surface area contributed by atoms with E-state index in [1.807, 2.05) is 27.7 Å². The first-order valence-corrected chi connectivity index (χ1v) is 8.49. The van der Waals surface area contributed by atoms with E-state index in [1.165, 1.54) is 0 Å². The van der Waals surface area contributed by atoms with Crippen LogP contribution in [0.5, 0.6) is 0 Å². The van der Waals surface area contributed by atoms with Crippen LogP contribution < -0.4 is 5.73 Å². The molecule has 2 fully saturated rings. The Hall–Kier alpha value is -0.740. The summed E-state index contributed by atoms with van der Waals surface area (Å²) in [5, 5.41) is 15.7. The van der Waals surface area contributed by atoms with Gasteiger partial charge in [0.25, 0.3) is 10.3 Å². The molecule has 0 amide bonds. The molecule has 2 atom stereocenters. The topological polar surface area (TPSA) is 104 Å². The zero-order valence-electron chi connectivity index (χ0n) is 14.4. The molecule has 7 nitrogen and oxygen atoms in total. The van der Waals surface area contributed by atoms with Crippen LogP contribution >= 0.6 is 24.4 Å². The van der Waals surface area contributed by atoms with Gasteiger partial charge in [0, 0.05) is 13.1 Å². The number of aliphatic hydroxyl groups excluding tert-OH is 2. The molecule has 2 aliphatic heterocycles. The molecular formula is C14H30N2O5S2. The first kappa shape index (κ1) is 24.5. The van der Waals surface area contributed by atoms with E-state index in [2.05, 4.69) is 30.2 Å². The number of ether oxygens (including phenoxy) is 3. The molecule has 2 heterocycles. The Labute approximate surface area is 149 Å². The smallest absolute Gasteiger partial charge is 0.256 e. The molecule has 0 aromatic heterocycles. The van der Waals surface area contributed by atoms with Gasteiger partial charge in [0.2, 0.25) is 0 Å². The van der Waals surface area contributed by atoms with Crippen molar-refractivity contribution in [3.05, 3.63) is 0 Å². The fourth-order valence-electron chi connectivity index (χ4n) is 1.15. The van der Waals surface area contributed by atoms with Crippen molar-refractivity contribution >= 4 is 34.8 Å². The Morgan fingerprint density at radius 3 is 1.52 bits per heavy atom. The Bertz CT molecular complexity index is 294. The number of nitrogens with two attached hydrogens (primary N) is 1. The summed E-state index contributed by atoms with van der Waals surface area (Å²) in [6, 6.07) is 0. The maximum absolute atomic E-state index is 8.67. The Morgan fingerprint density at radius 2 is 1.39 bits per heavy atom. The maximum atomic E-state index is 8.67. The summed E-state index contributed by atoms with van der Waals surface area (Å²) in [6.07, 6.45) is 0.785. The third-order valence-electron chi connectivity index (χ3n) is 2.45. The molecule has 0 bridgehead atoms. The van der Waals surface area contributed by atoms with Gasteiger partial charge in [0.05, 0.1) is 26.4 Å². The van der Waals surface area contributed by atoms with Crippen LogP contribution in [0, 0.1) is 0 Å². The lowest BCUT2D eigenvalue weighted by molar-refractivity contribution is 0.102. The van der Waals surface area contributed by atoms with Crippen LogP contribution in [0.4, 0.5) is 0 Å². The van der Waals surface area contributed by atoms with Gasteiger partial charge in [-0.05, 0) is 38.3 Å². The highest BCUT2D eigenvalue weighted by Crippen LogP contribution is 2.12. The van der Waals surface area contributed by atoms with E-state index in [1.54, 1.807) is 4.90 Å². The molecule has 2 aliphatic rings. The third kappa shape index (κ3) is 21.3. The summed E-state index contributed by atoms with van der Waals surface area (Å²) in [4.78, 5) is 1.70. The molecule has 0 saturated carbocycles. The molecule has 0 aromatic rings. The molecule has 2 saturated heterocycles. The Balaban J connectivity index is 0. The van der Waals surface area contributed by atoms with Gasteiger partial charge < -0.3 is 35.1 Å². The van der Waals surface area contributed by atoms with E-state index >= 15 is 0 Å². The van der Waals surface area contributed by atoms with Crippen molar-refractivity contribution in [3.63, 3.8) is 0 Å². The lowest BCUT2D eigenvalue weighted by atomic mass is 10.5. The summed E-state index contributed by atoms with van der Waals surface area (Å²) >= 11 is 8.37. The van der Waals surface area contributed by atoms with Gasteiger partial charge in [-0.15, -0.1) is 0 Å². The van der Waals surface area contributed by atoms with Crippen LogP contribution in [-0.2, 0) is 14.2 Å². The molecule has 0 spiro atoms. The van der Waals surface area contributed by atoms with Gasteiger partial charge in [-0.2, -0.15) is 0 Å². The summed E-state index contributed by atoms with van der Waals surface area (Å²) in [5.74, 6) is 0. The van der Waals surface area contributed by atoms with Crippen molar-refractivity contribution in [1.29, 1.82) is 0 Å². The number of rotatable bonds is 6. The summed E-state index contributed by atoms with van der Waals surface area (Å²) in [7, 11) is 0. The summed E-state index contributed by atoms with van der Waals surface area (Å²) in [5.41, 5.74) is 4.40. The molecule has 138 valence electrons. The summed E-state index contributed by atoms with van der Waals surface area (Å²) < 4.78 is 15.1. The minimum Gasteiger partial charge on any atom is -0.487 e. The normalized spacial score (nSPS) is 19.5. The SMILES string of the molecule is C(OCC1CO1)C1CO1.CC.CCN(CC)C(O)=S.NC(O)=S. The molecule has 9 heteroatoms. The molecule has 0 aliphatic carbocycles. The van der Waals surface area contributed by atoms with Gasteiger partial charge >= 0.3 is 0 Å². The van der Waals surface area contributed by atoms with Crippen LogP contribution in [0.15, 0.2) is 0 Å². The predicted octanol–water partition coefficient (Wildman–Crippen LogP) is 1.79. The van der Waals surface area contributed by atoms with Crippen molar-refractivity contribution in [1.82, 2.24) is 4.90 Å². The van der Waals surface area contributed by atoms with Crippen molar-refractivity contribution < 1.29 is 24.4 Å². The second-order valence-electron chi connectivity index (χ2n) is 4.24. The van der Waals surface area contributed by atoms with E-state index in [-0.39, 0.29) is 5.17 Å². The monoisotopic (exact) mass is 370 g/mol. The number of thiocarbonyl (C=S) groups is 2. The average Bonchev–Trinajstić information content (AvgIpc) is 3.37. The number of hydrogen-bond donors (Lipinski definition) is 3. The molecular weight excluding hydrogens is 340 g/mol. The average molecular weight is 371 g/mol. The number of aliphatic hydroxyl groups is 2. The van der Waals surface area contributed by atoms with Crippen molar-refractivity contribution in [2.75, 3.05) is 39.5 Å². The number of nitrogens with zero attached hydrogens (tertiary/aromatic N) is 1. The minimum absolute atomic E-state index is 0.00463. The van der Waals surface area contributed by atoms with E-state index < -0.39 is 5.17 Å². The highest BCUT2D eigenvalue weighted by molar-refractivity contribution is 7.80. The van der Waals surface area contributed by atoms with E-state index in [9.17, 15) is 0 Å². The standard InChI is InChI=1S/C6H10O3.C5H11NOS.C2H6.CH3NOS/c1(5-3-8-5)7-2-6-4-9-6;1-3-6(4-2)5(7)8;1-2;2-1(3)4/h5-6H,1-4H2;3-4H2,1-2H3,(H,7,8);1-2H3;(H3,2,3,4). The molecule has 0 aromatic carbocycles. The second kappa shape index (κ2) is 16.1. The Kier molecular flexibility index (Phi) is 17.2. The largest absolute Gasteiger partial charge is 0.487 e. The van der Waals surface area contributed by atoms with Crippen LogP contribution in [0.1, 0.15) is 27.7 Å². The highest BCUT2D eigenvalue weighted by atomic mass is 32.1. The van der Waals surface area contributed by atoms with E-state index in [0.717, 1.165) is 39.5 Å². The first-order chi connectivity index (χ1) is 10.9. The lowest BCUT2D eigenvalue weighted by Gasteiger charge is -2.15. The molecule has 4 N–H and O–H groups in total. The predicted molar refractivity (Wildman–Crippen MR) is 99.2 cm³/mol. The fraction of sp³-hybridized carbons (Fsp3) is 0.857. The second-order valence-corrected chi connectivity index (χ2v) is 5.02. The highest BCUT2D eigenvalue weighted by Gasteiger charge is 2.26. The maximum Gasteiger partial charge on any atom is 0.256 e. The molecule has 2 unspecified atom stereocenters. The van der Waals surface area contributed by atoms with Gasteiger partial charge in [0.1, 0.15) is 12.2 Å². The van der Waals surface area contributed by atoms with Crippen molar-refractivity contribution in [2.45, 2.75) is 39.9 Å². The van der Waals surface area contributed by atoms with Crippen LogP contribution in [0.2, 0.25) is 0 Å². The molecule has 23 heavy (non-hydrogen) atoms. The van der Waals surface area contributed by atoms with Crippen molar-refractivity contribution in [3.8, 4) is 0 Å². The van der Waals surface area contributed by atoms with Crippen LogP contribution in [-0.4, -0.2) is 77.2 Å². The Morgan fingerprint density at radius 1 is 1.09 bits per heavy atom. The fourth-order valence-corrected chi connectivity index (χ4v) is 1.41.